The Morgan fingerprint density at radius 3 is 2.76 bits per heavy atom. The summed E-state index contributed by atoms with van der Waals surface area (Å²) in [6.45, 7) is 2.82. The van der Waals surface area contributed by atoms with Crippen LogP contribution in [-0.2, 0) is 6.54 Å². The van der Waals surface area contributed by atoms with Crippen LogP contribution in [0.5, 0.6) is 5.75 Å². The second-order valence-corrected chi connectivity index (χ2v) is 5.27. The SMILES string of the molecule is CCOc1ccc(NCc2cccc(Br)c2)c([N+](=O)[O-])c1. The highest BCUT2D eigenvalue weighted by Gasteiger charge is 2.15. The fraction of sp³-hybridized carbons (Fsp3) is 0.200. The van der Waals surface area contributed by atoms with E-state index in [9.17, 15) is 10.1 Å². The topological polar surface area (TPSA) is 64.4 Å². The fourth-order valence-corrected chi connectivity index (χ4v) is 2.36. The molecule has 0 saturated carbocycles. The Morgan fingerprint density at radius 1 is 1.29 bits per heavy atom. The van der Waals surface area contributed by atoms with Gasteiger partial charge >= 0.3 is 0 Å². The van der Waals surface area contributed by atoms with Gasteiger partial charge in [-0.3, -0.25) is 10.1 Å². The van der Waals surface area contributed by atoms with Gasteiger partial charge in [-0.05, 0) is 36.8 Å². The van der Waals surface area contributed by atoms with E-state index in [4.69, 9.17) is 4.74 Å². The first-order valence-electron chi connectivity index (χ1n) is 6.49. The predicted octanol–water partition coefficient (Wildman–Crippen LogP) is 4.37. The second kappa shape index (κ2) is 7.08. The molecule has 6 heteroatoms. The number of halogens is 1. The lowest BCUT2D eigenvalue weighted by Gasteiger charge is -2.09. The minimum atomic E-state index is -0.411. The van der Waals surface area contributed by atoms with E-state index >= 15 is 0 Å². The quantitative estimate of drug-likeness (QED) is 0.620. The standard InChI is InChI=1S/C15H15BrN2O3/c1-2-21-13-6-7-14(15(9-13)18(19)20)17-10-11-4-3-5-12(16)8-11/h3-9,17H,2,10H2,1H3. The first-order valence-corrected chi connectivity index (χ1v) is 7.29. The third kappa shape index (κ3) is 4.19. The minimum absolute atomic E-state index is 0.0101. The lowest BCUT2D eigenvalue weighted by Crippen LogP contribution is -2.03. The van der Waals surface area contributed by atoms with E-state index in [-0.39, 0.29) is 5.69 Å². The van der Waals surface area contributed by atoms with Crippen molar-refractivity contribution in [3.8, 4) is 5.75 Å². The molecule has 0 saturated heterocycles. The number of nitro benzene ring substituents is 1. The molecule has 0 fully saturated rings. The number of nitro groups is 1. The van der Waals surface area contributed by atoms with Gasteiger partial charge in [0.2, 0.25) is 0 Å². The highest BCUT2D eigenvalue weighted by atomic mass is 79.9. The van der Waals surface area contributed by atoms with Crippen molar-refractivity contribution in [3.63, 3.8) is 0 Å². The molecule has 0 aliphatic heterocycles. The van der Waals surface area contributed by atoms with Crippen LogP contribution in [0.3, 0.4) is 0 Å². The molecular formula is C15H15BrN2O3. The van der Waals surface area contributed by atoms with Gasteiger partial charge < -0.3 is 10.1 Å². The van der Waals surface area contributed by atoms with Crippen molar-refractivity contribution >= 4 is 27.3 Å². The number of nitrogens with one attached hydrogen (secondary N) is 1. The summed E-state index contributed by atoms with van der Waals surface area (Å²) < 4.78 is 6.27. The van der Waals surface area contributed by atoms with Crippen molar-refractivity contribution in [3.05, 3.63) is 62.6 Å². The minimum Gasteiger partial charge on any atom is -0.494 e. The van der Waals surface area contributed by atoms with Crippen LogP contribution in [0.1, 0.15) is 12.5 Å². The first kappa shape index (κ1) is 15.3. The molecule has 0 aromatic heterocycles. The molecule has 0 heterocycles. The van der Waals surface area contributed by atoms with Gasteiger partial charge in [0.05, 0.1) is 17.6 Å². The van der Waals surface area contributed by atoms with Crippen LogP contribution in [0, 0.1) is 10.1 Å². The van der Waals surface area contributed by atoms with Crippen molar-refractivity contribution in [1.82, 2.24) is 0 Å². The molecule has 2 rings (SSSR count). The Bertz CT molecular complexity index is 647. The van der Waals surface area contributed by atoms with Crippen LogP contribution in [0.4, 0.5) is 11.4 Å². The number of anilines is 1. The Kier molecular flexibility index (Phi) is 5.16. The maximum Gasteiger partial charge on any atom is 0.296 e. The number of rotatable bonds is 6. The summed E-state index contributed by atoms with van der Waals surface area (Å²) in [5.74, 6) is 0.497. The Morgan fingerprint density at radius 2 is 2.10 bits per heavy atom. The van der Waals surface area contributed by atoms with Crippen molar-refractivity contribution in [2.45, 2.75) is 13.5 Å². The Hall–Kier alpha value is -2.08. The highest BCUT2D eigenvalue weighted by Crippen LogP contribution is 2.29. The number of ether oxygens (including phenoxy) is 1. The molecule has 0 amide bonds. The zero-order valence-electron chi connectivity index (χ0n) is 11.5. The van der Waals surface area contributed by atoms with E-state index in [2.05, 4.69) is 21.2 Å². The Balaban J connectivity index is 2.17. The van der Waals surface area contributed by atoms with E-state index in [0.717, 1.165) is 10.0 Å². The molecule has 0 atom stereocenters. The molecule has 0 aliphatic rings. The summed E-state index contributed by atoms with van der Waals surface area (Å²) in [5.41, 5.74) is 1.52. The average Bonchev–Trinajstić information content (AvgIpc) is 2.46. The summed E-state index contributed by atoms with van der Waals surface area (Å²) in [4.78, 5) is 10.7. The van der Waals surface area contributed by atoms with Gasteiger partial charge in [0.25, 0.3) is 5.69 Å². The van der Waals surface area contributed by atoms with E-state index in [1.54, 1.807) is 12.1 Å². The van der Waals surface area contributed by atoms with Gasteiger partial charge in [-0.25, -0.2) is 0 Å². The third-order valence-corrected chi connectivity index (χ3v) is 3.34. The lowest BCUT2D eigenvalue weighted by molar-refractivity contribution is -0.384. The monoisotopic (exact) mass is 350 g/mol. The van der Waals surface area contributed by atoms with Crippen molar-refractivity contribution in [1.29, 1.82) is 0 Å². The van der Waals surface area contributed by atoms with Crippen LogP contribution in [0.15, 0.2) is 46.9 Å². The van der Waals surface area contributed by atoms with Gasteiger partial charge in [0.1, 0.15) is 11.4 Å². The summed E-state index contributed by atoms with van der Waals surface area (Å²) in [6.07, 6.45) is 0. The summed E-state index contributed by atoms with van der Waals surface area (Å²) in [6, 6.07) is 12.6. The molecular weight excluding hydrogens is 336 g/mol. The summed E-state index contributed by atoms with van der Waals surface area (Å²) in [7, 11) is 0. The van der Waals surface area contributed by atoms with Crippen molar-refractivity contribution in [2.75, 3.05) is 11.9 Å². The zero-order valence-corrected chi connectivity index (χ0v) is 13.1. The van der Waals surface area contributed by atoms with Crippen LogP contribution in [-0.4, -0.2) is 11.5 Å². The molecule has 110 valence electrons. The summed E-state index contributed by atoms with van der Waals surface area (Å²) >= 11 is 3.40. The van der Waals surface area contributed by atoms with E-state index in [1.807, 2.05) is 31.2 Å². The van der Waals surface area contributed by atoms with Gasteiger partial charge in [-0.2, -0.15) is 0 Å². The van der Waals surface area contributed by atoms with E-state index < -0.39 is 4.92 Å². The third-order valence-electron chi connectivity index (χ3n) is 2.85. The Labute approximate surface area is 131 Å². The maximum atomic E-state index is 11.1. The van der Waals surface area contributed by atoms with Gasteiger partial charge in [0, 0.05) is 11.0 Å². The smallest absolute Gasteiger partial charge is 0.296 e. The largest absolute Gasteiger partial charge is 0.494 e. The fourth-order valence-electron chi connectivity index (χ4n) is 1.91. The second-order valence-electron chi connectivity index (χ2n) is 4.35. The highest BCUT2D eigenvalue weighted by molar-refractivity contribution is 9.10. The number of nitrogens with zero attached hydrogens (tertiary/aromatic N) is 1. The van der Waals surface area contributed by atoms with E-state index in [1.165, 1.54) is 6.07 Å². The van der Waals surface area contributed by atoms with Gasteiger partial charge in [-0.1, -0.05) is 28.1 Å². The van der Waals surface area contributed by atoms with Crippen molar-refractivity contribution < 1.29 is 9.66 Å². The van der Waals surface area contributed by atoms with Crippen LogP contribution < -0.4 is 10.1 Å². The normalized spacial score (nSPS) is 10.2. The average molecular weight is 351 g/mol. The van der Waals surface area contributed by atoms with E-state index in [0.29, 0.717) is 24.6 Å². The molecule has 0 unspecified atom stereocenters. The lowest BCUT2D eigenvalue weighted by atomic mass is 10.2. The molecule has 21 heavy (non-hydrogen) atoms. The predicted molar refractivity (Wildman–Crippen MR) is 85.7 cm³/mol. The van der Waals surface area contributed by atoms with Gasteiger partial charge in [0.15, 0.2) is 0 Å². The number of benzene rings is 2. The molecule has 2 aromatic carbocycles. The first-order chi connectivity index (χ1) is 10.1. The van der Waals surface area contributed by atoms with Crippen LogP contribution in [0.25, 0.3) is 0 Å². The molecule has 0 bridgehead atoms. The van der Waals surface area contributed by atoms with Crippen molar-refractivity contribution in [2.24, 2.45) is 0 Å². The molecule has 1 N–H and O–H groups in total. The molecule has 0 aliphatic carbocycles. The number of hydrogen-bond donors (Lipinski definition) is 1. The molecule has 0 spiro atoms. The van der Waals surface area contributed by atoms with Gasteiger partial charge in [-0.15, -0.1) is 0 Å². The molecule has 5 nitrogen and oxygen atoms in total. The van der Waals surface area contributed by atoms with Crippen LogP contribution in [0.2, 0.25) is 0 Å². The molecule has 2 aromatic rings. The molecule has 0 radical (unpaired) electrons. The number of hydrogen-bond acceptors (Lipinski definition) is 4. The maximum absolute atomic E-state index is 11.1. The van der Waals surface area contributed by atoms with Crippen LogP contribution >= 0.6 is 15.9 Å². The zero-order chi connectivity index (χ0) is 15.2. The summed E-state index contributed by atoms with van der Waals surface area (Å²) in [5, 5.41) is 14.2.